The third kappa shape index (κ3) is 103. The molecule has 0 bridgehead atoms. The Morgan fingerprint density at radius 3 is 1.30 bits per heavy atom. The predicted molar refractivity (Wildman–Crippen MR) is 287 cm³/mol. The number of hydrogen-bond donors (Lipinski definition) is 4. The summed E-state index contributed by atoms with van der Waals surface area (Å²) < 4.78 is 5.26. The van der Waals surface area contributed by atoms with Gasteiger partial charge in [-0.3, -0.25) is 16.1 Å². The number of esters is 1. The van der Waals surface area contributed by atoms with Gasteiger partial charge >= 0.3 is 5.97 Å². The molecule has 0 aromatic rings. The van der Waals surface area contributed by atoms with Gasteiger partial charge in [-0.1, -0.05) is 200 Å². The van der Waals surface area contributed by atoms with E-state index < -0.39 is 0 Å². The fourth-order valence-electron chi connectivity index (χ4n) is 5.29. The molecule has 0 aliphatic carbocycles. The van der Waals surface area contributed by atoms with Crippen molar-refractivity contribution in [3.05, 3.63) is 61.3 Å². The van der Waals surface area contributed by atoms with Crippen LogP contribution in [-0.2, 0) is 24.1 Å². The van der Waals surface area contributed by atoms with E-state index in [2.05, 4.69) is 96.9 Å². The lowest BCUT2D eigenvalue weighted by Gasteiger charge is -2.06. The van der Waals surface area contributed by atoms with Crippen LogP contribution in [0, 0.1) is 0 Å². The maximum absolute atomic E-state index is 11.5. The summed E-state index contributed by atoms with van der Waals surface area (Å²) in [6.45, 7) is 26.9. The van der Waals surface area contributed by atoms with Crippen molar-refractivity contribution < 1.29 is 24.1 Å². The zero-order valence-corrected chi connectivity index (χ0v) is 44.6. The van der Waals surface area contributed by atoms with Crippen molar-refractivity contribution in [2.24, 2.45) is 5.84 Å². The molecule has 0 atom stereocenters. The summed E-state index contributed by atoms with van der Waals surface area (Å²) in [4.78, 5) is 29.0. The van der Waals surface area contributed by atoms with Gasteiger partial charge in [0.1, 0.15) is 6.79 Å². The van der Waals surface area contributed by atoms with Crippen molar-refractivity contribution >= 4 is 12.8 Å². The van der Waals surface area contributed by atoms with Crippen LogP contribution in [-0.4, -0.2) is 66.3 Å². The number of rotatable bonds is 40. The number of allylic oxidation sites excluding steroid dienone is 8. The van der Waals surface area contributed by atoms with Gasteiger partial charge in [0.2, 0.25) is 0 Å². The quantitative estimate of drug-likeness (QED) is 0.0119. The van der Waals surface area contributed by atoms with Crippen molar-refractivity contribution in [3.8, 4) is 0 Å². The van der Waals surface area contributed by atoms with Crippen molar-refractivity contribution in [1.29, 1.82) is 0 Å². The van der Waals surface area contributed by atoms with E-state index in [0.29, 0.717) is 19.6 Å². The van der Waals surface area contributed by atoms with Crippen LogP contribution in [0.1, 0.15) is 229 Å². The van der Waals surface area contributed by atoms with Gasteiger partial charge in [-0.2, -0.15) is 0 Å². The smallest absolute Gasteiger partial charge is 0.307 e. The summed E-state index contributed by atoms with van der Waals surface area (Å²) in [6.07, 6.45) is 53.3. The van der Waals surface area contributed by atoms with E-state index >= 15 is 0 Å². The molecule has 0 unspecified atom stereocenters. The summed E-state index contributed by atoms with van der Waals surface area (Å²) in [7, 11) is 3.50. The third-order valence-electron chi connectivity index (χ3n) is 8.97. The fraction of sp³-hybridized carbons (Fsp3) is 0.782. The van der Waals surface area contributed by atoms with E-state index in [9.17, 15) is 4.79 Å². The largest absolute Gasteiger partial charge is 0.466 e. The summed E-state index contributed by atoms with van der Waals surface area (Å²) >= 11 is 0. The molecule has 9 heteroatoms. The maximum atomic E-state index is 11.5. The molecule has 0 amide bonds. The van der Waals surface area contributed by atoms with Crippen LogP contribution >= 0.6 is 0 Å². The lowest BCUT2D eigenvalue weighted by molar-refractivity contribution is -0.272. The molecule has 9 nitrogen and oxygen atoms in total. The van der Waals surface area contributed by atoms with Crippen LogP contribution in [0.15, 0.2) is 61.3 Å². The van der Waals surface area contributed by atoms with Crippen LogP contribution in [0.2, 0.25) is 0 Å². The summed E-state index contributed by atoms with van der Waals surface area (Å²) in [5.41, 5.74) is 2.43. The standard InChI is InChI=1S/C25H45NO2.C20H38O2.C3H9N.C2H8N2.2C2H6.CH2O/c1-3-5-7-8-9-10-11-12-13-14-15-16-17-18-19-20-24-28-25(27)21-23-26-22-6-4-2;1-3-4-5-6-7-8-9-10-11-12-13-14-15-16-17-18-19-20-22-21-2;1-3-4-2;1-2-4-3;3*1-2/h4,7-8,10-11,26H,2-3,5-6,9,12-24H2,1H3;7-8,10-11H,3-6,9,12-20H2,1-2H3;4H,3H2,1-2H3;4H,2-3H2,1H3;2*1-2H3;1H2/b2*8-7-,11-10-;;;;;. The normalized spacial score (nSPS) is 10.3. The van der Waals surface area contributed by atoms with Crippen molar-refractivity contribution in [1.82, 2.24) is 16.1 Å². The highest BCUT2D eigenvalue weighted by Crippen LogP contribution is 2.11. The average Bonchev–Trinajstić information content (AvgIpc) is 3.34. The minimum absolute atomic E-state index is 0.0860. The average molecular weight is 912 g/mol. The summed E-state index contributed by atoms with van der Waals surface area (Å²) in [5.74, 6) is 4.69. The fourth-order valence-corrected chi connectivity index (χ4v) is 5.29. The number of hydrogen-bond acceptors (Lipinski definition) is 9. The van der Waals surface area contributed by atoms with Gasteiger partial charge in [-0.15, -0.1) is 6.58 Å². The van der Waals surface area contributed by atoms with Crippen molar-refractivity contribution in [3.63, 3.8) is 0 Å². The minimum Gasteiger partial charge on any atom is -0.466 e. The number of ether oxygens (including phenoxy) is 1. The molecule has 0 saturated carbocycles. The number of unbranched alkanes of at least 4 members (excludes halogenated alkanes) is 19. The SMILES string of the molecule is C=CCCNCCC(=O)OCCCCCCCCCC/C=C\C/C=C\CCC.C=O.CC.CC.CCCCC/C=C\C/C=C\CCCCCCCCCOOC.CCNC.CCNN. The minimum atomic E-state index is -0.0860. The molecule has 0 fully saturated rings. The first-order valence-corrected chi connectivity index (χ1v) is 26.1. The van der Waals surface area contributed by atoms with E-state index in [-0.39, 0.29) is 5.97 Å². The highest BCUT2D eigenvalue weighted by atomic mass is 17.2. The van der Waals surface area contributed by atoms with Crippen LogP contribution in [0.5, 0.6) is 0 Å². The molecule has 0 saturated heterocycles. The van der Waals surface area contributed by atoms with E-state index in [1.54, 1.807) is 7.11 Å². The Hall–Kier alpha value is -2.40. The summed E-state index contributed by atoms with van der Waals surface area (Å²) in [6, 6.07) is 0. The lowest BCUT2D eigenvalue weighted by Crippen LogP contribution is -2.20. The van der Waals surface area contributed by atoms with Crippen LogP contribution in [0.25, 0.3) is 0 Å². The molecule has 0 aromatic heterocycles. The molecule has 0 radical (unpaired) electrons. The second-order valence-electron chi connectivity index (χ2n) is 14.6. The molecule has 0 rings (SSSR count). The van der Waals surface area contributed by atoms with Gasteiger partial charge in [-0.25, -0.2) is 9.78 Å². The molecule has 0 aromatic carbocycles. The third-order valence-corrected chi connectivity index (χ3v) is 8.97. The zero-order valence-electron chi connectivity index (χ0n) is 44.6. The van der Waals surface area contributed by atoms with Gasteiger partial charge in [0.15, 0.2) is 0 Å². The first-order chi connectivity index (χ1) is 31.6. The van der Waals surface area contributed by atoms with Crippen molar-refractivity contribution in [2.75, 3.05) is 53.6 Å². The van der Waals surface area contributed by atoms with Gasteiger partial charge in [0.05, 0.1) is 26.7 Å². The number of nitrogens with one attached hydrogen (secondary N) is 3. The Bertz CT molecular complexity index is 859. The van der Waals surface area contributed by atoms with Gasteiger partial charge in [0, 0.05) is 13.1 Å². The molecular weight excluding hydrogens is 797 g/mol. The Kier molecular flexibility index (Phi) is 108. The van der Waals surface area contributed by atoms with Crippen molar-refractivity contribution in [2.45, 2.75) is 229 Å². The van der Waals surface area contributed by atoms with Gasteiger partial charge in [-0.05, 0) is 97.2 Å². The number of nitrogens with two attached hydrogens (primary N) is 1. The first-order valence-electron chi connectivity index (χ1n) is 26.1. The Balaban J connectivity index is -0.000000159. The Labute approximate surface area is 401 Å². The second kappa shape index (κ2) is 91.1. The summed E-state index contributed by atoms with van der Waals surface area (Å²) in [5, 5.41) is 6.13. The Morgan fingerprint density at radius 2 is 0.922 bits per heavy atom. The highest BCUT2D eigenvalue weighted by Gasteiger charge is 2.02. The monoisotopic (exact) mass is 911 g/mol. The van der Waals surface area contributed by atoms with E-state index in [4.69, 9.17) is 20.3 Å². The number of carbonyl (C=O) groups is 2. The lowest BCUT2D eigenvalue weighted by atomic mass is 10.1. The van der Waals surface area contributed by atoms with Crippen LogP contribution in [0.4, 0.5) is 0 Å². The molecule has 384 valence electrons. The van der Waals surface area contributed by atoms with Crippen LogP contribution in [0.3, 0.4) is 0 Å². The van der Waals surface area contributed by atoms with Crippen LogP contribution < -0.4 is 21.9 Å². The van der Waals surface area contributed by atoms with E-state index in [1.165, 1.54) is 135 Å². The van der Waals surface area contributed by atoms with Gasteiger partial charge < -0.3 is 20.2 Å². The second-order valence-corrected chi connectivity index (χ2v) is 14.6. The molecule has 0 spiro atoms. The van der Waals surface area contributed by atoms with Gasteiger partial charge in [0.25, 0.3) is 0 Å². The number of carbonyl (C=O) groups excluding carboxylic acids is 2. The maximum Gasteiger partial charge on any atom is 0.307 e. The molecule has 5 N–H and O–H groups in total. The molecular formula is C55H114N4O5. The molecule has 64 heavy (non-hydrogen) atoms. The van der Waals surface area contributed by atoms with E-state index in [0.717, 1.165) is 58.3 Å². The topological polar surface area (TPSA) is 124 Å². The molecule has 0 aliphatic heterocycles. The zero-order chi connectivity index (χ0) is 49.5. The molecule has 0 aliphatic rings. The Morgan fingerprint density at radius 1 is 0.531 bits per heavy atom. The number of hydrazine groups is 1. The first kappa shape index (κ1) is 75.9. The highest BCUT2D eigenvalue weighted by molar-refractivity contribution is 5.69. The van der Waals surface area contributed by atoms with E-state index in [1.807, 2.05) is 54.5 Å². The molecule has 0 heterocycles. The predicted octanol–water partition coefficient (Wildman–Crippen LogP) is 15.2.